The van der Waals surface area contributed by atoms with E-state index >= 15 is 0 Å². The Kier molecular flexibility index (Phi) is 5.58. The number of benzene rings is 2. The van der Waals surface area contributed by atoms with Gasteiger partial charge in [0.15, 0.2) is 0 Å². The van der Waals surface area contributed by atoms with Gasteiger partial charge >= 0.3 is 11.6 Å². The molecule has 0 aliphatic rings. The van der Waals surface area contributed by atoms with Crippen LogP contribution in [0.5, 0.6) is 0 Å². The smallest absolute Gasteiger partial charge is 0.370 e. The number of rotatable bonds is 4. The Morgan fingerprint density at radius 3 is 1.20 bits per heavy atom. The van der Waals surface area contributed by atoms with Gasteiger partial charge in [-0.2, -0.15) is 0 Å². The zero-order valence-electron chi connectivity index (χ0n) is 14.5. The highest BCUT2D eigenvalue weighted by Gasteiger charge is 2.10. The van der Waals surface area contributed by atoms with Crippen molar-refractivity contribution < 1.29 is 27.7 Å². The summed E-state index contributed by atoms with van der Waals surface area (Å²) in [6.45, 7) is 0. The molecule has 0 radical (unpaired) electrons. The van der Waals surface area contributed by atoms with E-state index < -0.39 is 21.5 Å². The van der Waals surface area contributed by atoms with E-state index in [9.17, 15) is 29.8 Å². The molecule has 14 nitrogen and oxygen atoms in total. The zero-order valence-corrected chi connectivity index (χ0v) is 14.5. The van der Waals surface area contributed by atoms with Crippen LogP contribution in [-0.2, 0) is 0 Å². The Labute approximate surface area is 163 Å². The van der Waals surface area contributed by atoms with Gasteiger partial charge < -0.3 is 8.83 Å². The molecule has 0 atom stereocenters. The van der Waals surface area contributed by atoms with Crippen LogP contribution in [0.3, 0.4) is 0 Å². The first-order valence-electron chi connectivity index (χ1n) is 7.77. The molecule has 2 heterocycles. The lowest BCUT2D eigenvalue weighted by Gasteiger charge is -1.92. The van der Waals surface area contributed by atoms with Crippen LogP contribution in [0.25, 0.3) is 22.9 Å². The topological polar surface area (TPSA) is 199 Å². The van der Waals surface area contributed by atoms with Crippen molar-refractivity contribution in [1.82, 2.24) is 10.3 Å². The number of non-ortho nitro benzene ring substituents is 2. The van der Waals surface area contributed by atoms with Crippen molar-refractivity contribution in [3.8, 4) is 22.9 Å². The molecular weight excluding hydrogens is 408 g/mol. The van der Waals surface area contributed by atoms with E-state index in [1.165, 1.54) is 48.5 Å². The lowest BCUT2D eigenvalue weighted by atomic mass is 10.2. The van der Waals surface area contributed by atoms with Crippen LogP contribution in [-0.4, -0.2) is 20.2 Å². The molecule has 2 aromatic heterocycles. The van der Waals surface area contributed by atoms with E-state index in [4.69, 9.17) is 0 Å². The van der Waals surface area contributed by atoms with Gasteiger partial charge in [0.05, 0.1) is 9.85 Å². The van der Waals surface area contributed by atoms with Gasteiger partial charge in [-0.25, -0.2) is 9.59 Å². The van der Waals surface area contributed by atoms with E-state index in [2.05, 4.69) is 28.2 Å². The summed E-state index contributed by atoms with van der Waals surface area (Å²) in [5.74, 6) is -1.84. The number of nitro benzene ring substituents is 2. The number of hydrogen-bond acceptors (Lipinski definition) is 12. The Balaban J connectivity index is 0.000000171. The first-order chi connectivity index (χ1) is 14.3. The van der Waals surface area contributed by atoms with Crippen LogP contribution in [0, 0.1) is 20.2 Å². The summed E-state index contributed by atoms with van der Waals surface area (Å²) >= 11 is 0. The van der Waals surface area contributed by atoms with Gasteiger partial charge in [0, 0.05) is 35.4 Å². The van der Waals surface area contributed by atoms with Gasteiger partial charge in [-0.1, -0.05) is 0 Å². The summed E-state index contributed by atoms with van der Waals surface area (Å²) in [6.07, 6.45) is 0. The number of nitrogens with zero attached hydrogens (tertiary/aromatic N) is 4. The average Bonchev–Trinajstić information content (AvgIpc) is 3.37. The van der Waals surface area contributed by atoms with Gasteiger partial charge in [0.25, 0.3) is 23.2 Å². The first kappa shape index (κ1) is 19.9. The molecule has 0 fully saturated rings. The van der Waals surface area contributed by atoms with Crippen LogP contribution < -0.4 is 11.6 Å². The SMILES string of the molecule is O=c1onc(-c2ccc([N+](=O)[O-])cc2)o1.O=c1onc(-c2ccc([N+](=O)[O-])cc2)o1. The molecule has 2 aromatic carbocycles. The largest absolute Gasteiger partial charge is 0.542 e. The Hall–Kier alpha value is -4.88. The molecule has 4 aromatic rings. The van der Waals surface area contributed by atoms with Crippen LogP contribution in [0.2, 0.25) is 0 Å². The maximum Gasteiger partial charge on any atom is 0.542 e. The fraction of sp³-hybridized carbons (Fsp3) is 0. The molecule has 0 saturated heterocycles. The second-order valence-corrected chi connectivity index (χ2v) is 5.29. The standard InChI is InChI=1S/2C8H4N2O5/c2*11-8-14-7(9-15-8)5-1-3-6(4-2-5)10(12)13/h2*1-4H. The normalized spacial score (nSPS) is 10.1. The van der Waals surface area contributed by atoms with Crippen LogP contribution in [0.1, 0.15) is 0 Å². The fourth-order valence-corrected chi connectivity index (χ4v) is 2.06. The van der Waals surface area contributed by atoms with Crippen molar-refractivity contribution in [3.63, 3.8) is 0 Å². The maximum absolute atomic E-state index is 10.5. The summed E-state index contributed by atoms with van der Waals surface area (Å²) in [4.78, 5) is 40.7. The number of hydrogen-bond donors (Lipinski definition) is 0. The molecule has 0 bridgehead atoms. The van der Waals surface area contributed by atoms with E-state index in [0.717, 1.165) is 0 Å². The molecule has 0 N–H and O–H groups in total. The summed E-state index contributed by atoms with van der Waals surface area (Å²) in [5, 5.41) is 27.4. The molecule has 0 aliphatic heterocycles. The molecule has 0 amide bonds. The third-order valence-electron chi connectivity index (χ3n) is 3.42. The van der Waals surface area contributed by atoms with Crippen LogP contribution in [0.15, 0.2) is 76.0 Å². The predicted octanol–water partition coefficient (Wildman–Crippen LogP) is 2.41. The van der Waals surface area contributed by atoms with Crippen molar-refractivity contribution in [2.45, 2.75) is 0 Å². The minimum absolute atomic E-state index is 0.00472. The molecule has 0 aliphatic carbocycles. The second-order valence-electron chi connectivity index (χ2n) is 5.29. The molecule has 0 unspecified atom stereocenters. The molecular formula is C16H8N4O10. The van der Waals surface area contributed by atoms with Crippen molar-refractivity contribution in [1.29, 1.82) is 0 Å². The zero-order chi connectivity index (χ0) is 21.7. The van der Waals surface area contributed by atoms with Gasteiger partial charge in [-0.15, -0.1) is 0 Å². The maximum atomic E-state index is 10.5. The van der Waals surface area contributed by atoms with Crippen molar-refractivity contribution >= 4 is 11.4 Å². The summed E-state index contributed by atoms with van der Waals surface area (Å²) in [5.41, 5.74) is 0.770. The van der Waals surface area contributed by atoms with Gasteiger partial charge in [0.2, 0.25) is 0 Å². The predicted molar refractivity (Wildman–Crippen MR) is 94.3 cm³/mol. The highest BCUT2D eigenvalue weighted by molar-refractivity contribution is 5.55. The fourth-order valence-electron chi connectivity index (χ4n) is 2.06. The molecule has 0 spiro atoms. The minimum Gasteiger partial charge on any atom is -0.370 e. The van der Waals surface area contributed by atoms with E-state index in [0.29, 0.717) is 11.1 Å². The third kappa shape index (κ3) is 4.69. The summed E-state index contributed by atoms with van der Waals surface area (Å²) < 4.78 is 17.5. The molecule has 14 heteroatoms. The quantitative estimate of drug-likeness (QED) is 0.348. The van der Waals surface area contributed by atoms with Crippen LogP contribution >= 0.6 is 0 Å². The van der Waals surface area contributed by atoms with Gasteiger partial charge in [-0.3, -0.25) is 29.3 Å². The first-order valence-corrected chi connectivity index (χ1v) is 7.77. The van der Waals surface area contributed by atoms with Gasteiger partial charge in [0.1, 0.15) is 0 Å². The van der Waals surface area contributed by atoms with Crippen molar-refractivity contribution in [3.05, 3.63) is 90.0 Å². The number of aromatic nitrogens is 2. The number of nitro groups is 2. The Morgan fingerprint density at radius 1 is 0.633 bits per heavy atom. The molecule has 30 heavy (non-hydrogen) atoms. The Bertz CT molecular complexity index is 1180. The summed E-state index contributed by atoms with van der Waals surface area (Å²) in [7, 11) is 0. The minimum atomic E-state index is -0.914. The monoisotopic (exact) mass is 416 g/mol. The van der Waals surface area contributed by atoms with Gasteiger partial charge in [-0.05, 0) is 34.6 Å². The van der Waals surface area contributed by atoms with E-state index in [1.54, 1.807) is 0 Å². The summed E-state index contributed by atoms with van der Waals surface area (Å²) in [6, 6.07) is 10.8. The Morgan fingerprint density at radius 2 is 0.967 bits per heavy atom. The van der Waals surface area contributed by atoms with Crippen molar-refractivity contribution in [2.24, 2.45) is 0 Å². The highest BCUT2D eigenvalue weighted by atomic mass is 16.6. The lowest BCUT2D eigenvalue weighted by molar-refractivity contribution is -0.385. The highest BCUT2D eigenvalue weighted by Crippen LogP contribution is 2.20. The third-order valence-corrected chi connectivity index (χ3v) is 3.42. The molecule has 152 valence electrons. The lowest BCUT2D eigenvalue weighted by Crippen LogP contribution is -1.87. The molecule has 4 rings (SSSR count). The van der Waals surface area contributed by atoms with Crippen molar-refractivity contribution in [2.75, 3.05) is 0 Å². The van der Waals surface area contributed by atoms with E-state index in [-0.39, 0.29) is 23.2 Å². The molecule has 0 saturated carbocycles. The van der Waals surface area contributed by atoms with Crippen LogP contribution in [0.4, 0.5) is 11.4 Å². The van der Waals surface area contributed by atoms with E-state index in [1.807, 2.05) is 0 Å². The second kappa shape index (κ2) is 8.42. The average molecular weight is 416 g/mol.